The van der Waals surface area contributed by atoms with E-state index in [2.05, 4.69) is 14.4 Å². The minimum absolute atomic E-state index is 0.167. The summed E-state index contributed by atoms with van der Waals surface area (Å²) in [7, 11) is -8.54. The van der Waals surface area contributed by atoms with E-state index < -0.39 is 41.7 Å². The number of hydrogen-bond donors (Lipinski definition) is 2. The summed E-state index contributed by atoms with van der Waals surface area (Å²) in [6, 6.07) is 6.72. The lowest BCUT2D eigenvalue weighted by Gasteiger charge is -2.13. The van der Waals surface area contributed by atoms with Crippen molar-refractivity contribution >= 4 is 43.2 Å². The van der Waals surface area contributed by atoms with Crippen molar-refractivity contribution < 1.29 is 30.0 Å². The van der Waals surface area contributed by atoms with Crippen molar-refractivity contribution in [2.45, 2.75) is 28.8 Å². The second kappa shape index (κ2) is 8.08. The number of anilines is 1. The highest BCUT2D eigenvalue weighted by molar-refractivity contribution is 7.93. The van der Waals surface area contributed by atoms with Gasteiger partial charge in [-0.05, 0) is 42.8 Å². The predicted molar refractivity (Wildman–Crippen MR) is 106 cm³/mol. The quantitative estimate of drug-likeness (QED) is 0.680. The van der Waals surface area contributed by atoms with E-state index in [0.29, 0.717) is 30.9 Å². The number of benzene rings is 2. The molecule has 0 aliphatic carbocycles. The second-order valence-corrected chi connectivity index (χ2v) is 10.1. The van der Waals surface area contributed by atoms with E-state index in [9.17, 15) is 30.0 Å². The summed E-state index contributed by atoms with van der Waals surface area (Å²) in [6.45, 7) is 0.509. The van der Waals surface area contributed by atoms with Crippen LogP contribution in [0.25, 0.3) is 0 Å². The molecule has 13 heteroatoms. The molecule has 7 nitrogen and oxygen atoms in total. The summed E-state index contributed by atoms with van der Waals surface area (Å²) in [5.74, 6) is 0.303. The molecule has 0 unspecified atom stereocenters. The van der Waals surface area contributed by atoms with E-state index >= 15 is 0 Å². The van der Waals surface area contributed by atoms with Crippen molar-refractivity contribution in [2.75, 3.05) is 11.3 Å². The molecule has 2 N–H and O–H groups in total. The fourth-order valence-electron chi connectivity index (χ4n) is 2.66. The van der Waals surface area contributed by atoms with Crippen LogP contribution in [0.4, 0.5) is 18.9 Å². The third kappa shape index (κ3) is 5.05. The normalized spacial score (nSPS) is 15.0. The minimum Gasteiger partial charge on any atom is -0.280 e. The first-order valence-corrected chi connectivity index (χ1v) is 11.8. The van der Waals surface area contributed by atoms with Crippen LogP contribution in [0.5, 0.6) is 0 Å². The highest BCUT2D eigenvalue weighted by Crippen LogP contribution is 2.34. The number of aliphatic imine (C=N–C) groups is 1. The van der Waals surface area contributed by atoms with E-state index in [1.165, 1.54) is 18.2 Å². The van der Waals surface area contributed by atoms with Crippen molar-refractivity contribution in [1.82, 2.24) is 4.72 Å². The van der Waals surface area contributed by atoms with E-state index in [0.717, 1.165) is 18.6 Å². The molecule has 0 saturated carbocycles. The number of hydrogen-bond acceptors (Lipinski definition) is 5. The SMILES string of the molecule is O=S(=O)(NC1=NCCC1)c1cccc(NS(=O)(=O)c2cc(C(F)(F)F)ccc2Cl)c1. The molecular weight excluding hydrogens is 467 g/mol. The Morgan fingerprint density at radius 2 is 1.70 bits per heavy atom. The molecule has 1 heterocycles. The van der Waals surface area contributed by atoms with Crippen molar-refractivity contribution in [2.24, 2.45) is 4.99 Å². The van der Waals surface area contributed by atoms with Crippen molar-refractivity contribution in [3.05, 3.63) is 53.1 Å². The van der Waals surface area contributed by atoms with E-state index in [1.807, 2.05) is 0 Å². The Labute approximate surface area is 176 Å². The fraction of sp³-hybridized carbons (Fsp3) is 0.235. The maximum absolute atomic E-state index is 12.9. The van der Waals surface area contributed by atoms with Crippen LogP contribution in [0, 0.1) is 0 Å². The largest absolute Gasteiger partial charge is 0.416 e. The van der Waals surface area contributed by atoms with Crippen LogP contribution in [-0.4, -0.2) is 29.2 Å². The second-order valence-electron chi connectivity index (χ2n) is 6.31. The number of nitrogens with one attached hydrogen (secondary N) is 2. The predicted octanol–water partition coefficient (Wildman–Crippen LogP) is 3.63. The zero-order valence-electron chi connectivity index (χ0n) is 15.1. The van der Waals surface area contributed by atoms with Gasteiger partial charge in [-0.15, -0.1) is 0 Å². The molecule has 3 rings (SSSR count). The van der Waals surface area contributed by atoms with Gasteiger partial charge in [0.05, 0.1) is 21.2 Å². The van der Waals surface area contributed by atoms with Crippen LogP contribution in [0.1, 0.15) is 18.4 Å². The molecule has 0 atom stereocenters. The van der Waals surface area contributed by atoms with Gasteiger partial charge in [0.15, 0.2) is 0 Å². The van der Waals surface area contributed by atoms with E-state index in [-0.39, 0.29) is 10.6 Å². The Bertz CT molecular complexity index is 1210. The third-order valence-electron chi connectivity index (χ3n) is 4.07. The summed E-state index contributed by atoms with van der Waals surface area (Å²) in [6.07, 6.45) is -3.58. The van der Waals surface area contributed by atoms with Gasteiger partial charge in [-0.1, -0.05) is 17.7 Å². The first-order valence-electron chi connectivity index (χ1n) is 8.44. The van der Waals surface area contributed by atoms with Gasteiger partial charge in [-0.2, -0.15) is 13.2 Å². The molecule has 0 radical (unpaired) electrons. The van der Waals surface area contributed by atoms with E-state index in [4.69, 9.17) is 11.6 Å². The molecule has 30 heavy (non-hydrogen) atoms. The van der Waals surface area contributed by atoms with Crippen LogP contribution in [-0.2, 0) is 26.2 Å². The molecule has 0 spiro atoms. The monoisotopic (exact) mass is 481 g/mol. The van der Waals surface area contributed by atoms with Crippen LogP contribution in [0.2, 0.25) is 5.02 Å². The first kappa shape index (κ1) is 22.4. The zero-order valence-corrected chi connectivity index (χ0v) is 17.5. The van der Waals surface area contributed by atoms with Crippen LogP contribution in [0.3, 0.4) is 0 Å². The summed E-state index contributed by atoms with van der Waals surface area (Å²) >= 11 is 5.79. The molecular formula is C17H15ClF3N3O4S2. The van der Waals surface area contributed by atoms with Gasteiger partial charge in [-0.25, -0.2) is 16.8 Å². The Hall–Kier alpha value is -2.31. The molecule has 2 aromatic rings. The minimum atomic E-state index is -4.77. The van der Waals surface area contributed by atoms with Crippen molar-refractivity contribution in [3.8, 4) is 0 Å². The van der Waals surface area contributed by atoms with Crippen LogP contribution in [0.15, 0.2) is 57.2 Å². The Kier molecular flexibility index (Phi) is 6.03. The maximum Gasteiger partial charge on any atom is 0.416 e. The number of alkyl halides is 3. The smallest absolute Gasteiger partial charge is 0.280 e. The van der Waals surface area contributed by atoms with Gasteiger partial charge in [0.25, 0.3) is 20.0 Å². The molecule has 0 amide bonds. The lowest BCUT2D eigenvalue weighted by atomic mass is 10.2. The zero-order chi connectivity index (χ0) is 22.2. The van der Waals surface area contributed by atoms with Crippen molar-refractivity contribution in [3.63, 3.8) is 0 Å². The molecule has 162 valence electrons. The fourth-order valence-corrected chi connectivity index (χ4v) is 5.37. The van der Waals surface area contributed by atoms with Crippen molar-refractivity contribution in [1.29, 1.82) is 0 Å². The third-order valence-corrected chi connectivity index (χ3v) is 7.31. The Balaban J connectivity index is 1.90. The molecule has 0 aromatic heterocycles. The summed E-state index contributed by atoms with van der Waals surface area (Å²) in [5, 5.41) is -0.416. The Morgan fingerprint density at radius 1 is 0.967 bits per heavy atom. The van der Waals surface area contributed by atoms with Crippen LogP contribution < -0.4 is 9.44 Å². The summed E-state index contributed by atoms with van der Waals surface area (Å²) < 4.78 is 93.3. The van der Waals surface area contributed by atoms with E-state index in [1.54, 1.807) is 0 Å². The van der Waals surface area contributed by atoms with Gasteiger partial charge in [-0.3, -0.25) is 14.4 Å². The average molecular weight is 482 g/mol. The number of halogens is 4. The molecule has 2 aromatic carbocycles. The van der Waals surface area contributed by atoms with Crippen LogP contribution >= 0.6 is 11.6 Å². The highest BCUT2D eigenvalue weighted by Gasteiger charge is 2.33. The topological polar surface area (TPSA) is 105 Å². The van der Waals surface area contributed by atoms with Gasteiger partial charge in [0, 0.05) is 13.0 Å². The first-order chi connectivity index (χ1) is 13.9. The number of amidine groups is 1. The van der Waals surface area contributed by atoms with Gasteiger partial charge in [0.1, 0.15) is 10.7 Å². The highest BCUT2D eigenvalue weighted by atomic mass is 35.5. The molecule has 0 bridgehead atoms. The summed E-state index contributed by atoms with van der Waals surface area (Å²) in [5.41, 5.74) is -1.36. The molecule has 1 aliphatic heterocycles. The lowest BCUT2D eigenvalue weighted by molar-refractivity contribution is -0.137. The lowest BCUT2D eigenvalue weighted by Crippen LogP contribution is -2.29. The van der Waals surface area contributed by atoms with Gasteiger partial charge >= 0.3 is 6.18 Å². The molecule has 0 saturated heterocycles. The van der Waals surface area contributed by atoms with Gasteiger partial charge < -0.3 is 0 Å². The van der Waals surface area contributed by atoms with Gasteiger partial charge in [0.2, 0.25) is 0 Å². The number of nitrogens with zero attached hydrogens (tertiary/aromatic N) is 1. The molecule has 1 aliphatic rings. The number of rotatable bonds is 5. The Morgan fingerprint density at radius 3 is 2.33 bits per heavy atom. The summed E-state index contributed by atoms with van der Waals surface area (Å²) in [4.78, 5) is 2.98. The maximum atomic E-state index is 12.9. The molecule has 0 fully saturated rings. The standard InChI is InChI=1S/C17H15ClF3N3O4S2/c18-14-7-6-11(17(19,20)21)9-15(14)30(27,28)23-12-3-1-4-13(10-12)29(25,26)24-16-5-2-8-22-16/h1,3-4,6-7,9-10,23H,2,5,8H2,(H,22,24). The number of sulfonamides is 2. The average Bonchev–Trinajstić information content (AvgIpc) is 3.13.